The van der Waals surface area contributed by atoms with Gasteiger partial charge in [0.1, 0.15) is 0 Å². The van der Waals surface area contributed by atoms with E-state index in [2.05, 4.69) is 4.72 Å². The summed E-state index contributed by atoms with van der Waals surface area (Å²) in [5.74, 6) is 0. The highest BCUT2D eigenvalue weighted by Gasteiger charge is 2.36. The van der Waals surface area contributed by atoms with Crippen molar-refractivity contribution in [3.8, 4) is 0 Å². The molecule has 0 radical (unpaired) electrons. The van der Waals surface area contributed by atoms with Gasteiger partial charge in [0, 0.05) is 32.9 Å². The second-order valence-electron chi connectivity index (χ2n) is 5.43. The highest BCUT2D eigenvalue weighted by atomic mass is 32.2. The fourth-order valence-corrected chi connectivity index (χ4v) is 5.12. The lowest BCUT2D eigenvalue weighted by Gasteiger charge is -2.33. The molecule has 1 aromatic carbocycles. The van der Waals surface area contributed by atoms with Crippen molar-refractivity contribution in [3.05, 3.63) is 30.3 Å². The normalized spacial score (nSPS) is 21.0. The van der Waals surface area contributed by atoms with Crippen LogP contribution in [0.3, 0.4) is 0 Å². The van der Waals surface area contributed by atoms with Gasteiger partial charge in [-0.15, -0.1) is 0 Å². The van der Waals surface area contributed by atoms with Crippen molar-refractivity contribution in [2.24, 2.45) is 0 Å². The van der Waals surface area contributed by atoms with E-state index in [1.807, 2.05) is 0 Å². The number of nitrogens with one attached hydrogen (secondary N) is 1. The molecule has 1 aromatic rings. The average molecular weight is 347 g/mol. The van der Waals surface area contributed by atoms with Crippen LogP contribution >= 0.6 is 0 Å². The third kappa shape index (κ3) is 3.78. The third-order valence-corrected chi connectivity index (χ3v) is 7.29. The molecule has 1 fully saturated rings. The molecule has 1 atom stereocenters. The first kappa shape index (κ1) is 17.2. The summed E-state index contributed by atoms with van der Waals surface area (Å²) in [5.41, 5.74) is 0.482. The monoisotopic (exact) mass is 347 g/mol. The van der Waals surface area contributed by atoms with Crippen LogP contribution in [-0.2, 0) is 20.2 Å². The Labute approximate surface area is 132 Å². The van der Waals surface area contributed by atoms with Crippen LogP contribution in [0.15, 0.2) is 30.3 Å². The molecule has 22 heavy (non-hydrogen) atoms. The topological polar surface area (TPSA) is 86.8 Å². The Morgan fingerprint density at radius 3 is 2.36 bits per heavy atom. The molecular formula is C13H21N3O4S2. The van der Waals surface area contributed by atoms with Crippen LogP contribution in [0.5, 0.6) is 0 Å². The predicted octanol–water partition coefficient (Wildman–Crippen LogP) is 0.699. The van der Waals surface area contributed by atoms with Gasteiger partial charge in [-0.2, -0.15) is 17.0 Å². The van der Waals surface area contributed by atoms with Crippen molar-refractivity contribution in [1.82, 2.24) is 8.61 Å². The van der Waals surface area contributed by atoms with Crippen molar-refractivity contribution in [3.63, 3.8) is 0 Å². The highest BCUT2D eigenvalue weighted by molar-refractivity contribution is 7.93. The van der Waals surface area contributed by atoms with E-state index >= 15 is 0 Å². The Morgan fingerprint density at radius 2 is 1.77 bits per heavy atom. The highest BCUT2D eigenvalue weighted by Crippen LogP contribution is 2.22. The molecule has 0 aromatic heterocycles. The number of nitrogens with zero attached hydrogens (tertiary/aromatic N) is 2. The van der Waals surface area contributed by atoms with Crippen molar-refractivity contribution in [2.45, 2.75) is 18.1 Å². The summed E-state index contributed by atoms with van der Waals surface area (Å²) in [5, 5.41) is -0.754. The van der Waals surface area contributed by atoms with Crippen molar-refractivity contribution >= 4 is 25.9 Å². The summed E-state index contributed by atoms with van der Waals surface area (Å²) >= 11 is 0. The van der Waals surface area contributed by atoms with Gasteiger partial charge < -0.3 is 0 Å². The Kier molecular flexibility index (Phi) is 5.10. The summed E-state index contributed by atoms with van der Waals surface area (Å²) in [6.45, 7) is 0.320. The fourth-order valence-electron chi connectivity index (χ4n) is 2.35. The molecule has 1 heterocycles. The Balaban J connectivity index is 2.15. The smallest absolute Gasteiger partial charge is 0.281 e. The Morgan fingerprint density at radius 1 is 1.14 bits per heavy atom. The van der Waals surface area contributed by atoms with Gasteiger partial charge >= 0.3 is 0 Å². The van der Waals surface area contributed by atoms with Gasteiger partial charge in [-0.3, -0.25) is 4.72 Å². The molecule has 1 N–H and O–H groups in total. The van der Waals surface area contributed by atoms with Gasteiger partial charge in [0.15, 0.2) is 0 Å². The van der Waals surface area contributed by atoms with Crippen LogP contribution in [0.2, 0.25) is 0 Å². The first-order chi connectivity index (χ1) is 10.2. The SMILES string of the molecule is CN(C)S(=O)(=O)N1CCCC(S(=O)(=O)Nc2ccccc2)C1. The van der Waals surface area contributed by atoms with Gasteiger partial charge in [0.25, 0.3) is 10.2 Å². The first-order valence-electron chi connectivity index (χ1n) is 6.98. The lowest BCUT2D eigenvalue weighted by Crippen LogP contribution is -2.49. The minimum absolute atomic E-state index is 0.0251. The number of rotatable bonds is 5. The van der Waals surface area contributed by atoms with Crippen molar-refractivity contribution < 1.29 is 16.8 Å². The molecule has 0 spiro atoms. The van der Waals surface area contributed by atoms with Crippen LogP contribution < -0.4 is 4.72 Å². The molecule has 2 rings (SSSR count). The summed E-state index contributed by atoms with van der Waals surface area (Å²) in [6.07, 6.45) is 0.967. The second kappa shape index (κ2) is 6.53. The zero-order valence-corrected chi connectivity index (χ0v) is 14.3. The lowest BCUT2D eigenvalue weighted by molar-refractivity contribution is 0.325. The van der Waals surface area contributed by atoms with Crippen LogP contribution in [0.25, 0.3) is 0 Å². The largest absolute Gasteiger partial charge is 0.283 e. The maximum Gasteiger partial charge on any atom is 0.281 e. The van der Waals surface area contributed by atoms with Crippen LogP contribution in [-0.4, -0.2) is 57.9 Å². The van der Waals surface area contributed by atoms with Gasteiger partial charge in [0.05, 0.1) is 5.25 Å². The first-order valence-corrected chi connectivity index (χ1v) is 9.92. The van der Waals surface area contributed by atoms with Gasteiger partial charge in [-0.25, -0.2) is 8.42 Å². The van der Waals surface area contributed by atoms with E-state index in [0.29, 0.717) is 25.1 Å². The number of piperidine rings is 1. The maximum absolute atomic E-state index is 12.5. The van der Waals surface area contributed by atoms with Crippen molar-refractivity contribution in [2.75, 3.05) is 31.9 Å². The number of sulfonamides is 1. The molecule has 1 saturated heterocycles. The molecule has 0 saturated carbocycles. The number of para-hydroxylation sites is 1. The van der Waals surface area contributed by atoms with E-state index in [4.69, 9.17) is 0 Å². The average Bonchev–Trinajstić information content (AvgIpc) is 2.48. The number of anilines is 1. The second-order valence-corrected chi connectivity index (χ2v) is 9.53. The Bertz CT molecular complexity index is 702. The van der Waals surface area contributed by atoms with E-state index in [1.165, 1.54) is 18.4 Å². The summed E-state index contributed by atoms with van der Waals surface area (Å²) < 4.78 is 54.1. The lowest BCUT2D eigenvalue weighted by atomic mass is 10.2. The number of benzene rings is 1. The summed E-state index contributed by atoms with van der Waals surface area (Å²) in [6, 6.07) is 8.59. The zero-order valence-electron chi connectivity index (χ0n) is 12.6. The van der Waals surface area contributed by atoms with Gasteiger partial charge in [0.2, 0.25) is 10.0 Å². The van der Waals surface area contributed by atoms with E-state index in [-0.39, 0.29) is 6.54 Å². The van der Waals surface area contributed by atoms with E-state index in [0.717, 1.165) is 4.31 Å². The van der Waals surface area contributed by atoms with Gasteiger partial charge in [-0.1, -0.05) is 18.2 Å². The molecule has 1 aliphatic heterocycles. The molecule has 1 unspecified atom stereocenters. The molecule has 7 nitrogen and oxygen atoms in total. The minimum atomic E-state index is -3.63. The quantitative estimate of drug-likeness (QED) is 0.849. The van der Waals surface area contributed by atoms with Gasteiger partial charge in [-0.05, 0) is 25.0 Å². The number of hydrogen-bond acceptors (Lipinski definition) is 4. The molecule has 0 aliphatic carbocycles. The van der Waals surface area contributed by atoms with E-state index < -0.39 is 25.5 Å². The summed E-state index contributed by atoms with van der Waals surface area (Å²) in [4.78, 5) is 0. The molecule has 9 heteroatoms. The standard InChI is InChI=1S/C13H21N3O4S2/c1-15(2)22(19,20)16-10-6-9-13(11-16)21(17,18)14-12-7-4-3-5-8-12/h3-5,7-8,13-14H,6,9-11H2,1-2H3. The van der Waals surface area contributed by atoms with E-state index in [9.17, 15) is 16.8 Å². The molecule has 1 aliphatic rings. The van der Waals surface area contributed by atoms with Crippen LogP contribution in [0.4, 0.5) is 5.69 Å². The van der Waals surface area contributed by atoms with E-state index in [1.54, 1.807) is 30.3 Å². The number of hydrogen-bond donors (Lipinski definition) is 1. The molecule has 124 valence electrons. The molecular weight excluding hydrogens is 326 g/mol. The Hall–Kier alpha value is -1.16. The van der Waals surface area contributed by atoms with Crippen LogP contribution in [0, 0.1) is 0 Å². The van der Waals surface area contributed by atoms with Crippen LogP contribution in [0.1, 0.15) is 12.8 Å². The zero-order chi connectivity index (χ0) is 16.4. The maximum atomic E-state index is 12.5. The summed E-state index contributed by atoms with van der Waals surface area (Å²) in [7, 11) is -4.34. The fraction of sp³-hybridized carbons (Fsp3) is 0.538. The minimum Gasteiger partial charge on any atom is -0.283 e. The molecule has 0 amide bonds. The third-order valence-electron chi connectivity index (χ3n) is 3.60. The predicted molar refractivity (Wildman–Crippen MR) is 86.2 cm³/mol. The van der Waals surface area contributed by atoms with Crippen molar-refractivity contribution in [1.29, 1.82) is 0 Å². The molecule has 0 bridgehead atoms.